The van der Waals surface area contributed by atoms with E-state index in [9.17, 15) is 30.7 Å². The van der Waals surface area contributed by atoms with Crippen LogP contribution in [0.25, 0.3) is 0 Å². The van der Waals surface area contributed by atoms with E-state index in [0.717, 1.165) is 16.5 Å². The predicted octanol–water partition coefficient (Wildman–Crippen LogP) is 4.67. The summed E-state index contributed by atoms with van der Waals surface area (Å²) in [6.45, 7) is -0.408. The van der Waals surface area contributed by atoms with Crippen LogP contribution >= 0.6 is 0 Å². The molecular formula is C17H18F7NO. The zero-order chi connectivity index (χ0) is 19.4. The van der Waals surface area contributed by atoms with Crippen LogP contribution in [0.5, 0.6) is 0 Å². The Kier molecular flexibility index (Phi) is 6.21. The molecule has 0 radical (unpaired) electrons. The molecule has 1 saturated heterocycles. The minimum atomic E-state index is -6.36. The van der Waals surface area contributed by atoms with Crippen LogP contribution in [0, 0.1) is 0 Å². The number of alkyl halides is 7. The second-order valence-corrected chi connectivity index (χ2v) is 5.86. The molecule has 0 unspecified atom stereocenters. The van der Waals surface area contributed by atoms with Crippen molar-refractivity contribution in [2.45, 2.75) is 30.9 Å². The third-order valence-corrected chi connectivity index (χ3v) is 4.04. The summed E-state index contributed by atoms with van der Waals surface area (Å²) < 4.78 is 98.1. The van der Waals surface area contributed by atoms with Crippen molar-refractivity contribution in [2.24, 2.45) is 0 Å². The fourth-order valence-electron chi connectivity index (χ4n) is 2.62. The molecule has 0 atom stereocenters. The van der Waals surface area contributed by atoms with E-state index in [1.54, 1.807) is 30.3 Å². The molecule has 0 aliphatic carbocycles. The van der Waals surface area contributed by atoms with Crippen LogP contribution in [0.15, 0.2) is 42.1 Å². The van der Waals surface area contributed by atoms with Crippen molar-refractivity contribution in [3.63, 3.8) is 0 Å². The molecule has 2 nitrogen and oxygen atoms in total. The maximum absolute atomic E-state index is 14.3. The fourth-order valence-corrected chi connectivity index (χ4v) is 2.62. The fraction of sp³-hybridized carbons (Fsp3) is 0.529. The van der Waals surface area contributed by atoms with Gasteiger partial charge in [0, 0.05) is 13.1 Å². The molecular weight excluding hydrogens is 367 g/mol. The zero-order valence-corrected chi connectivity index (χ0v) is 13.7. The van der Waals surface area contributed by atoms with Gasteiger partial charge in [0.15, 0.2) is 0 Å². The monoisotopic (exact) mass is 385 g/mol. The van der Waals surface area contributed by atoms with Gasteiger partial charge in [0.1, 0.15) is 0 Å². The molecule has 0 amide bonds. The molecule has 0 aromatic heterocycles. The first-order valence-corrected chi connectivity index (χ1v) is 7.97. The summed E-state index contributed by atoms with van der Waals surface area (Å²) in [6.07, 6.45) is -5.44. The van der Waals surface area contributed by atoms with E-state index in [2.05, 4.69) is 0 Å². The summed E-state index contributed by atoms with van der Waals surface area (Å²) in [6, 6.07) is 8.61. The first kappa shape index (κ1) is 20.5. The summed E-state index contributed by atoms with van der Waals surface area (Å²) in [5.74, 6) is -11.5. The van der Waals surface area contributed by atoms with Gasteiger partial charge in [-0.25, -0.2) is 0 Å². The van der Waals surface area contributed by atoms with Crippen LogP contribution in [0.2, 0.25) is 0 Å². The molecule has 1 heterocycles. The van der Waals surface area contributed by atoms with Crippen LogP contribution in [0.4, 0.5) is 30.7 Å². The van der Waals surface area contributed by atoms with Crippen LogP contribution < -0.4 is 0 Å². The Morgan fingerprint density at radius 3 is 2.08 bits per heavy atom. The summed E-state index contributed by atoms with van der Waals surface area (Å²) in [4.78, 5) is 0.841. The molecule has 0 bridgehead atoms. The highest BCUT2D eigenvalue weighted by Gasteiger charge is 2.74. The summed E-state index contributed by atoms with van der Waals surface area (Å²) >= 11 is 0. The Bertz CT molecular complexity index is 607. The quantitative estimate of drug-likeness (QED) is 0.660. The van der Waals surface area contributed by atoms with E-state index in [1.165, 1.54) is 0 Å². The lowest BCUT2D eigenvalue weighted by atomic mass is 10.0. The van der Waals surface area contributed by atoms with Crippen LogP contribution in [-0.2, 0) is 11.2 Å². The van der Waals surface area contributed by atoms with Crippen molar-refractivity contribution < 1.29 is 35.5 Å². The smallest absolute Gasteiger partial charge is 0.378 e. The number of aryl methyl sites for hydroxylation is 1. The Labute approximate surface area is 146 Å². The summed E-state index contributed by atoms with van der Waals surface area (Å²) in [5.41, 5.74) is -0.546. The van der Waals surface area contributed by atoms with Crippen molar-refractivity contribution in [3.05, 3.63) is 47.7 Å². The number of allylic oxidation sites excluding steroid dienone is 2. The largest absolute Gasteiger partial charge is 0.460 e. The third kappa shape index (κ3) is 4.31. The van der Waals surface area contributed by atoms with Gasteiger partial charge in [-0.3, -0.25) is 0 Å². The zero-order valence-electron chi connectivity index (χ0n) is 13.7. The predicted molar refractivity (Wildman–Crippen MR) is 81.2 cm³/mol. The molecule has 2 rings (SSSR count). The van der Waals surface area contributed by atoms with Gasteiger partial charge in [-0.05, 0) is 18.4 Å². The Hall–Kier alpha value is -1.77. The lowest BCUT2D eigenvalue weighted by Crippen LogP contribution is -2.56. The lowest BCUT2D eigenvalue weighted by Gasteiger charge is -2.38. The topological polar surface area (TPSA) is 12.5 Å². The number of nitrogens with zero attached hydrogens (tertiary/aromatic N) is 1. The highest BCUT2D eigenvalue weighted by molar-refractivity contribution is 5.21. The van der Waals surface area contributed by atoms with Crippen LogP contribution in [0.1, 0.15) is 12.0 Å². The Balaban J connectivity index is 2.29. The van der Waals surface area contributed by atoms with Gasteiger partial charge in [0.2, 0.25) is 0 Å². The number of rotatable bonds is 6. The first-order valence-electron chi connectivity index (χ1n) is 7.97. The van der Waals surface area contributed by atoms with Crippen LogP contribution in [0.3, 0.4) is 0 Å². The molecule has 146 valence electrons. The van der Waals surface area contributed by atoms with Gasteiger partial charge in [-0.1, -0.05) is 36.4 Å². The number of morpholine rings is 1. The van der Waals surface area contributed by atoms with Gasteiger partial charge in [0.05, 0.1) is 18.9 Å². The van der Waals surface area contributed by atoms with E-state index in [0.29, 0.717) is 0 Å². The molecule has 9 heteroatoms. The first-order chi connectivity index (χ1) is 12.1. The van der Waals surface area contributed by atoms with Crippen LogP contribution in [-0.4, -0.2) is 49.2 Å². The number of benzene rings is 1. The van der Waals surface area contributed by atoms with Crippen molar-refractivity contribution in [1.29, 1.82) is 0 Å². The normalized spacial score (nSPS) is 17.5. The molecule has 1 aliphatic heterocycles. The minimum Gasteiger partial charge on any atom is -0.378 e. The molecule has 1 fully saturated rings. The second kappa shape index (κ2) is 7.85. The number of hydrogen-bond donors (Lipinski definition) is 0. The van der Waals surface area contributed by atoms with E-state index >= 15 is 0 Å². The lowest BCUT2D eigenvalue weighted by molar-refractivity contribution is -0.348. The summed E-state index contributed by atoms with van der Waals surface area (Å²) in [5, 5.41) is 0. The standard InChI is InChI=1S/C17H18F7NO/c18-15(19,16(20,21)17(22,23)24)14(25-9-11-26-12-10-25)8-4-7-13-5-2-1-3-6-13/h1-3,5-6,8H,4,7,9-12H2/b14-8-. The third-order valence-electron chi connectivity index (χ3n) is 4.04. The number of hydrogen-bond acceptors (Lipinski definition) is 2. The highest BCUT2D eigenvalue weighted by Crippen LogP contribution is 2.50. The minimum absolute atomic E-state index is 0.0241. The Morgan fingerprint density at radius 2 is 1.54 bits per heavy atom. The molecule has 0 spiro atoms. The second-order valence-electron chi connectivity index (χ2n) is 5.86. The van der Waals surface area contributed by atoms with E-state index in [4.69, 9.17) is 4.74 Å². The SMILES string of the molecule is FC(F)(F)C(F)(F)C(F)(F)/C(=C/CCc1ccccc1)N1CCOCC1. The van der Waals surface area contributed by atoms with E-state index < -0.39 is 23.7 Å². The number of halogens is 7. The molecule has 1 aromatic carbocycles. The van der Waals surface area contributed by atoms with Crippen molar-refractivity contribution in [3.8, 4) is 0 Å². The molecule has 0 N–H and O–H groups in total. The molecule has 26 heavy (non-hydrogen) atoms. The average molecular weight is 385 g/mol. The maximum Gasteiger partial charge on any atom is 0.460 e. The molecule has 1 aliphatic rings. The Morgan fingerprint density at radius 1 is 0.962 bits per heavy atom. The average Bonchev–Trinajstić information content (AvgIpc) is 2.59. The molecule has 0 saturated carbocycles. The summed E-state index contributed by atoms with van der Waals surface area (Å²) in [7, 11) is 0. The van der Waals surface area contributed by atoms with Crippen molar-refractivity contribution in [1.82, 2.24) is 4.90 Å². The van der Waals surface area contributed by atoms with Gasteiger partial charge < -0.3 is 9.64 Å². The van der Waals surface area contributed by atoms with Crippen molar-refractivity contribution in [2.75, 3.05) is 26.3 Å². The van der Waals surface area contributed by atoms with E-state index in [1.807, 2.05) is 0 Å². The van der Waals surface area contributed by atoms with Crippen molar-refractivity contribution >= 4 is 0 Å². The van der Waals surface area contributed by atoms with Gasteiger partial charge in [-0.2, -0.15) is 30.7 Å². The van der Waals surface area contributed by atoms with Gasteiger partial charge in [0.25, 0.3) is 0 Å². The van der Waals surface area contributed by atoms with Gasteiger partial charge in [-0.15, -0.1) is 0 Å². The molecule has 1 aromatic rings. The maximum atomic E-state index is 14.3. The van der Waals surface area contributed by atoms with Gasteiger partial charge >= 0.3 is 18.0 Å². The number of ether oxygens (including phenoxy) is 1. The van der Waals surface area contributed by atoms with E-state index in [-0.39, 0.29) is 39.1 Å². The highest BCUT2D eigenvalue weighted by atomic mass is 19.4.